The lowest BCUT2D eigenvalue weighted by molar-refractivity contribution is 0.873. The molecule has 4 nitrogen and oxygen atoms in total. The van der Waals surface area contributed by atoms with E-state index in [0.717, 1.165) is 22.2 Å². The summed E-state index contributed by atoms with van der Waals surface area (Å²) in [5.74, 6) is 0. The fourth-order valence-corrected chi connectivity index (χ4v) is 2.95. The zero-order valence-electron chi connectivity index (χ0n) is 14.3. The van der Waals surface area contributed by atoms with Crippen molar-refractivity contribution in [2.24, 2.45) is 12.0 Å². The molecule has 4 heteroatoms. The van der Waals surface area contributed by atoms with Gasteiger partial charge in [-0.15, -0.1) is 0 Å². The second kappa shape index (κ2) is 6.76. The average molecular weight is 339 g/mol. The van der Waals surface area contributed by atoms with Gasteiger partial charge < -0.3 is 4.57 Å². The Kier molecular flexibility index (Phi) is 4.15. The second-order valence-corrected chi connectivity index (χ2v) is 6.05. The van der Waals surface area contributed by atoms with Crippen molar-refractivity contribution in [3.05, 3.63) is 107 Å². The minimum Gasteiger partial charge on any atom is -0.318 e. The molecule has 0 aliphatic rings. The van der Waals surface area contributed by atoms with E-state index in [0.29, 0.717) is 11.1 Å². The fraction of sp³-hybridized carbons (Fsp3) is 0.0455. The molecule has 0 bridgehead atoms. The monoisotopic (exact) mass is 339 g/mol. The molecule has 0 saturated carbocycles. The van der Waals surface area contributed by atoms with Gasteiger partial charge in [-0.1, -0.05) is 60.7 Å². The summed E-state index contributed by atoms with van der Waals surface area (Å²) < 4.78 is 1.56. The van der Waals surface area contributed by atoms with E-state index in [4.69, 9.17) is 4.99 Å². The molecule has 2 aromatic carbocycles. The Morgan fingerprint density at radius 2 is 1.50 bits per heavy atom. The number of benzene rings is 2. The number of hydrogen-bond donors (Lipinski definition) is 0. The maximum Gasteiger partial charge on any atom is 0.260 e. The van der Waals surface area contributed by atoms with Gasteiger partial charge in [-0.3, -0.25) is 9.78 Å². The number of fused-ring (bicyclic) bond motifs is 1. The second-order valence-electron chi connectivity index (χ2n) is 6.05. The number of pyridine rings is 2. The topological polar surface area (TPSA) is 47.2 Å². The molecule has 4 rings (SSSR count). The van der Waals surface area contributed by atoms with Crippen LogP contribution in [0.15, 0.2) is 95.1 Å². The number of aliphatic imine (C=N–C) groups is 1. The van der Waals surface area contributed by atoms with Crippen LogP contribution in [0.25, 0.3) is 10.8 Å². The van der Waals surface area contributed by atoms with Crippen molar-refractivity contribution in [3.63, 3.8) is 0 Å². The Hall–Kier alpha value is -3.53. The number of nitrogens with zero attached hydrogens (tertiary/aromatic N) is 3. The van der Waals surface area contributed by atoms with Crippen molar-refractivity contribution in [1.29, 1.82) is 0 Å². The minimum atomic E-state index is -0.0795. The molecule has 0 fully saturated rings. The van der Waals surface area contributed by atoms with Crippen LogP contribution in [0.1, 0.15) is 11.1 Å². The maximum atomic E-state index is 12.7. The Bertz CT molecular complexity index is 1100. The number of aromatic nitrogens is 2. The van der Waals surface area contributed by atoms with Crippen LogP contribution in [0.5, 0.6) is 0 Å². The molecule has 0 atom stereocenters. The van der Waals surface area contributed by atoms with Gasteiger partial charge in [0.25, 0.3) is 5.56 Å². The molecule has 0 N–H and O–H groups in total. The van der Waals surface area contributed by atoms with E-state index in [-0.39, 0.29) is 5.56 Å². The van der Waals surface area contributed by atoms with Gasteiger partial charge in [0.15, 0.2) is 0 Å². The molecule has 126 valence electrons. The van der Waals surface area contributed by atoms with Gasteiger partial charge in [-0.05, 0) is 6.07 Å². The zero-order valence-corrected chi connectivity index (χ0v) is 14.3. The van der Waals surface area contributed by atoms with Gasteiger partial charge in [0, 0.05) is 36.0 Å². The molecule has 0 aliphatic heterocycles. The van der Waals surface area contributed by atoms with E-state index in [1.807, 2.05) is 66.7 Å². The van der Waals surface area contributed by atoms with Gasteiger partial charge in [0.05, 0.1) is 23.0 Å². The van der Waals surface area contributed by atoms with Crippen molar-refractivity contribution >= 4 is 22.2 Å². The van der Waals surface area contributed by atoms with E-state index < -0.39 is 0 Å². The highest BCUT2D eigenvalue weighted by atomic mass is 16.1. The summed E-state index contributed by atoms with van der Waals surface area (Å²) in [4.78, 5) is 21.8. The van der Waals surface area contributed by atoms with Gasteiger partial charge in [0.2, 0.25) is 0 Å². The van der Waals surface area contributed by atoms with Crippen LogP contribution < -0.4 is 5.56 Å². The highest BCUT2D eigenvalue weighted by Crippen LogP contribution is 2.24. The third-order valence-corrected chi connectivity index (χ3v) is 4.29. The lowest BCUT2D eigenvalue weighted by Gasteiger charge is -2.09. The Morgan fingerprint density at radius 3 is 2.12 bits per heavy atom. The summed E-state index contributed by atoms with van der Waals surface area (Å²) in [6.07, 6.45) is 5.09. The van der Waals surface area contributed by atoms with E-state index in [1.165, 1.54) is 0 Å². The van der Waals surface area contributed by atoms with Crippen LogP contribution in [0.3, 0.4) is 0 Å². The molecular weight excluding hydrogens is 322 g/mol. The summed E-state index contributed by atoms with van der Waals surface area (Å²) in [6, 6.07) is 21.8. The van der Waals surface area contributed by atoms with Crippen molar-refractivity contribution in [2.45, 2.75) is 0 Å². The van der Waals surface area contributed by atoms with Crippen LogP contribution in [0, 0.1) is 0 Å². The molecule has 0 saturated heterocycles. The number of hydrogen-bond acceptors (Lipinski definition) is 3. The molecule has 0 radical (unpaired) electrons. The normalized spacial score (nSPS) is 10.7. The van der Waals surface area contributed by atoms with Crippen molar-refractivity contribution < 1.29 is 0 Å². The van der Waals surface area contributed by atoms with E-state index in [1.54, 1.807) is 30.2 Å². The molecule has 2 aromatic heterocycles. The van der Waals surface area contributed by atoms with Gasteiger partial charge in [0.1, 0.15) is 0 Å². The van der Waals surface area contributed by atoms with Crippen molar-refractivity contribution in [1.82, 2.24) is 9.55 Å². The average Bonchev–Trinajstić information content (AvgIpc) is 2.70. The zero-order chi connectivity index (χ0) is 17.9. The first-order valence-corrected chi connectivity index (χ1v) is 8.37. The van der Waals surface area contributed by atoms with Crippen LogP contribution in [0.2, 0.25) is 0 Å². The minimum absolute atomic E-state index is 0.0795. The van der Waals surface area contributed by atoms with Gasteiger partial charge in [-0.25, -0.2) is 4.99 Å². The van der Waals surface area contributed by atoms with Crippen LogP contribution in [-0.4, -0.2) is 15.3 Å². The summed E-state index contributed by atoms with van der Waals surface area (Å²) in [5, 5.41) is 1.36. The van der Waals surface area contributed by atoms with Crippen LogP contribution >= 0.6 is 0 Å². The smallest absolute Gasteiger partial charge is 0.260 e. The molecule has 4 aromatic rings. The summed E-state index contributed by atoms with van der Waals surface area (Å²) in [7, 11) is 1.74. The van der Waals surface area contributed by atoms with E-state index in [2.05, 4.69) is 4.98 Å². The van der Waals surface area contributed by atoms with Crippen molar-refractivity contribution in [3.8, 4) is 0 Å². The SMILES string of the molecule is Cn1ccc2cncc(N=C(c3ccccc3)c3ccccc3)c2c1=O. The summed E-state index contributed by atoms with van der Waals surface area (Å²) >= 11 is 0. The van der Waals surface area contributed by atoms with Gasteiger partial charge in [-0.2, -0.15) is 0 Å². The third kappa shape index (κ3) is 2.93. The summed E-state index contributed by atoms with van der Waals surface area (Å²) in [6.45, 7) is 0. The Labute approximate surface area is 151 Å². The third-order valence-electron chi connectivity index (χ3n) is 4.29. The highest BCUT2D eigenvalue weighted by Gasteiger charge is 2.11. The molecule has 0 unspecified atom stereocenters. The molecule has 0 amide bonds. The lowest BCUT2D eigenvalue weighted by Crippen LogP contribution is -2.16. The molecule has 26 heavy (non-hydrogen) atoms. The molecule has 0 aliphatic carbocycles. The molecule has 2 heterocycles. The standard InChI is InChI=1S/C22H17N3O/c1-25-13-12-18-14-23-15-19(20(18)22(25)26)24-21(16-8-4-2-5-9-16)17-10-6-3-7-11-17/h2-15H,1H3. The van der Waals surface area contributed by atoms with Gasteiger partial charge >= 0.3 is 0 Å². The largest absolute Gasteiger partial charge is 0.318 e. The quantitative estimate of drug-likeness (QED) is 0.528. The maximum absolute atomic E-state index is 12.7. The molecule has 0 spiro atoms. The van der Waals surface area contributed by atoms with Crippen LogP contribution in [-0.2, 0) is 7.05 Å². The predicted molar refractivity (Wildman–Crippen MR) is 105 cm³/mol. The first-order chi connectivity index (χ1) is 12.7. The van der Waals surface area contributed by atoms with E-state index in [9.17, 15) is 4.79 Å². The fourth-order valence-electron chi connectivity index (χ4n) is 2.95. The first kappa shape index (κ1) is 16.0. The number of aryl methyl sites for hydroxylation is 1. The summed E-state index contributed by atoms with van der Waals surface area (Å²) in [5.41, 5.74) is 3.29. The predicted octanol–water partition coefficient (Wildman–Crippen LogP) is 4.10. The molecular formula is C22H17N3O. The number of rotatable bonds is 3. The Morgan fingerprint density at radius 1 is 0.885 bits per heavy atom. The van der Waals surface area contributed by atoms with Crippen molar-refractivity contribution in [2.75, 3.05) is 0 Å². The highest BCUT2D eigenvalue weighted by molar-refractivity contribution is 6.14. The Balaban J connectivity index is 2.01. The first-order valence-electron chi connectivity index (χ1n) is 8.37. The van der Waals surface area contributed by atoms with Crippen LogP contribution in [0.4, 0.5) is 5.69 Å². The van der Waals surface area contributed by atoms with E-state index >= 15 is 0 Å². The lowest BCUT2D eigenvalue weighted by atomic mass is 10.0.